The Balaban J connectivity index is 2.12. The number of rotatable bonds is 14. The Hall–Kier alpha value is -1.20. The summed E-state index contributed by atoms with van der Waals surface area (Å²) in [7, 11) is 0. The first-order chi connectivity index (χ1) is 15.1. The molecule has 4 nitrogen and oxygen atoms in total. The van der Waals surface area contributed by atoms with Crippen LogP contribution in [0.25, 0.3) is 0 Å². The van der Waals surface area contributed by atoms with Crippen LogP contribution in [0.2, 0.25) is 0 Å². The molecule has 174 valence electrons. The first-order valence-electron chi connectivity index (χ1n) is 11.9. The van der Waals surface area contributed by atoms with Crippen molar-refractivity contribution in [3.63, 3.8) is 0 Å². The molecule has 0 aliphatic heterocycles. The first-order valence-corrected chi connectivity index (χ1v) is 13.5. The number of hydrogen-bond acceptors (Lipinski definition) is 4. The molecule has 1 unspecified atom stereocenters. The van der Waals surface area contributed by atoms with Gasteiger partial charge in [-0.05, 0) is 92.9 Å². The third kappa shape index (κ3) is 8.69. The van der Waals surface area contributed by atoms with E-state index < -0.39 is 5.38 Å². The van der Waals surface area contributed by atoms with Crippen molar-refractivity contribution in [2.24, 2.45) is 5.16 Å². The molecule has 1 saturated carbocycles. The zero-order valence-corrected chi connectivity index (χ0v) is 21.1. The molecule has 0 heterocycles. The van der Waals surface area contributed by atoms with Gasteiger partial charge in [0.05, 0.1) is 11.4 Å². The number of alkyl halides is 1. The quantitative estimate of drug-likeness (QED) is 0.129. The fraction of sp³-hybridized carbons (Fsp3) is 0.680. The smallest absolute Gasteiger partial charge is 0.247 e. The standard InChI is InChI=1S/C25H39ClN2O2S/c1-4-16-31-17-10-9-11-20-14-15-21(5-2)24(18-20)28(25(29)23(26)6-3)19-30-27-22-12-7-8-13-22/h14-15,18,23H,4-13,16-17,19H2,1-3H3. The van der Waals surface area contributed by atoms with Gasteiger partial charge in [0.15, 0.2) is 6.73 Å². The SMILES string of the molecule is CCCSCCCCc1ccc(CC)c(N(CON=C2CCCC2)C(=O)C(Cl)CC)c1. The van der Waals surface area contributed by atoms with Crippen LogP contribution in [-0.4, -0.2) is 35.2 Å². The van der Waals surface area contributed by atoms with E-state index in [2.05, 4.69) is 37.2 Å². The van der Waals surface area contributed by atoms with E-state index in [-0.39, 0.29) is 12.6 Å². The van der Waals surface area contributed by atoms with E-state index in [0.29, 0.717) is 6.42 Å². The molecule has 1 fully saturated rings. The van der Waals surface area contributed by atoms with E-state index in [4.69, 9.17) is 16.4 Å². The molecule has 0 aromatic heterocycles. The predicted molar refractivity (Wildman–Crippen MR) is 136 cm³/mol. The van der Waals surface area contributed by atoms with Gasteiger partial charge >= 0.3 is 0 Å². The largest absolute Gasteiger partial charge is 0.373 e. The summed E-state index contributed by atoms with van der Waals surface area (Å²) >= 11 is 8.40. The van der Waals surface area contributed by atoms with Gasteiger partial charge in [-0.25, -0.2) is 0 Å². The third-order valence-electron chi connectivity index (χ3n) is 5.63. The fourth-order valence-electron chi connectivity index (χ4n) is 3.74. The van der Waals surface area contributed by atoms with Gasteiger partial charge in [0, 0.05) is 0 Å². The van der Waals surface area contributed by atoms with E-state index >= 15 is 0 Å². The molecular weight excluding hydrogens is 428 g/mol. The molecule has 1 aromatic rings. The number of carbonyl (C=O) groups excluding carboxylic acids is 1. The fourth-order valence-corrected chi connectivity index (χ4v) is 4.76. The minimum Gasteiger partial charge on any atom is -0.373 e. The Morgan fingerprint density at radius 3 is 2.65 bits per heavy atom. The molecule has 1 amide bonds. The van der Waals surface area contributed by atoms with Crippen molar-refractivity contribution < 1.29 is 9.63 Å². The van der Waals surface area contributed by atoms with Gasteiger partial charge in [-0.3, -0.25) is 9.69 Å². The summed E-state index contributed by atoms with van der Waals surface area (Å²) in [6.45, 7) is 6.38. The van der Waals surface area contributed by atoms with Crippen LogP contribution in [0.4, 0.5) is 5.69 Å². The lowest BCUT2D eigenvalue weighted by Gasteiger charge is -2.26. The van der Waals surface area contributed by atoms with Crippen molar-refractivity contribution >= 4 is 40.7 Å². The van der Waals surface area contributed by atoms with E-state index in [0.717, 1.165) is 49.1 Å². The summed E-state index contributed by atoms with van der Waals surface area (Å²) in [6, 6.07) is 6.50. The summed E-state index contributed by atoms with van der Waals surface area (Å²) in [5.74, 6) is 2.35. The molecule has 2 rings (SSSR count). The van der Waals surface area contributed by atoms with Crippen LogP contribution in [0.5, 0.6) is 0 Å². The van der Waals surface area contributed by atoms with Crippen molar-refractivity contribution in [1.29, 1.82) is 0 Å². The van der Waals surface area contributed by atoms with Crippen LogP contribution in [0.1, 0.15) is 83.3 Å². The number of thioether (sulfide) groups is 1. The molecule has 0 bridgehead atoms. The number of carbonyl (C=O) groups is 1. The molecular formula is C25H39ClN2O2S. The van der Waals surface area contributed by atoms with Crippen molar-refractivity contribution in [2.45, 2.75) is 90.4 Å². The number of aryl methyl sites for hydroxylation is 2. The van der Waals surface area contributed by atoms with Gasteiger partial charge in [0.1, 0.15) is 5.38 Å². The maximum Gasteiger partial charge on any atom is 0.247 e. The second-order valence-electron chi connectivity index (χ2n) is 8.15. The zero-order valence-electron chi connectivity index (χ0n) is 19.5. The highest BCUT2D eigenvalue weighted by Gasteiger charge is 2.25. The molecule has 1 aromatic carbocycles. The second-order valence-corrected chi connectivity index (χ2v) is 9.90. The van der Waals surface area contributed by atoms with Gasteiger partial charge in [-0.2, -0.15) is 11.8 Å². The molecule has 0 N–H and O–H groups in total. The highest BCUT2D eigenvalue weighted by Crippen LogP contribution is 2.26. The predicted octanol–water partition coefficient (Wildman–Crippen LogP) is 6.97. The third-order valence-corrected chi connectivity index (χ3v) is 7.40. The minimum atomic E-state index is -0.563. The summed E-state index contributed by atoms with van der Waals surface area (Å²) in [4.78, 5) is 20.5. The van der Waals surface area contributed by atoms with Crippen LogP contribution < -0.4 is 4.90 Å². The Morgan fingerprint density at radius 2 is 1.97 bits per heavy atom. The molecule has 1 aliphatic rings. The van der Waals surface area contributed by atoms with Crippen molar-refractivity contribution in [1.82, 2.24) is 0 Å². The van der Waals surface area contributed by atoms with Crippen LogP contribution in [-0.2, 0) is 22.5 Å². The lowest BCUT2D eigenvalue weighted by molar-refractivity contribution is -0.119. The summed E-state index contributed by atoms with van der Waals surface area (Å²) in [5, 5.41) is 3.73. The Labute approximate surface area is 198 Å². The maximum atomic E-state index is 13.1. The molecule has 0 radical (unpaired) electrons. The van der Waals surface area contributed by atoms with E-state index in [1.807, 2.05) is 18.7 Å². The average Bonchev–Trinajstić information content (AvgIpc) is 3.31. The summed E-state index contributed by atoms with van der Waals surface area (Å²) in [5.41, 5.74) is 4.40. The maximum absolute atomic E-state index is 13.1. The van der Waals surface area contributed by atoms with Gasteiger partial charge in [-0.15, -0.1) is 11.6 Å². The molecule has 1 aliphatic carbocycles. The molecule has 6 heteroatoms. The van der Waals surface area contributed by atoms with E-state index in [9.17, 15) is 4.79 Å². The lowest BCUT2D eigenvalue weighted by Crippen LogP contribution is -2.38. The number of benzene rings is 1. The van der Waals surface area contributed by atoms with Crippen LogP contribution in [0.15, 0.2) is 23.4 Å². The highest BCUT2D eigenvalue weighted by atomic mass is 35.5. The number of oxime groups is 1. The van der Waals surface area contributed by atoms with Gasteiger partial charge in [0.25, 0.3) is 0 Å². The summed E-state index contributed by atoms with van der Waals surface area (Å²) in [6.07, 6.45) is 10.4. The molecule has 0 spiro atoms. The molecule has 1 atom stereocenters. The van der Waals surface area contributed by atoms with Crippen molar-refractivity contribution in [3.05, 3.63) is 29.3 Å². The number of nitrogens with zero attached hydrogens (tertiary/aromatic N) is 2. The molecule has 31 heavy (non-hydrogen) atoms. The average molecular weight is 467 g/mol. The second kappa shape index (κ2) is 14.8. The number of halogens is 1. The molecule has 0 saturated heterocycles. The Bertz CT molecular complexity index is 703. The highest BCUT2D eigenvalue weighted by molar-refractivity contribution is 7.99. The topological polar surface area (TPSA) is 41.9 Å². The summed E-state index contributed by atoms with van der Waals surface area (Å²) < 4.78 is 0. The van der Waals surface area contributed by atoms with Crippen LogP contribution in [0.3, 0.4) is 0 Å². The Kier molecular flexibility index (Phi) is 12.4. The van der Waals surface area contributed by atoms with E-state index in [1.165, 1.54) is 42.8 Å². The van der Waals surface area contributed by atoms with Gasteiger partial charge in [-0.1, -0.05) is 38.1 Å². The zero-order chi connectivity index (χ0) is 22.5. The van der Waals surface area contributed by atoms with E-state index in [1.54, 1.807) is 4.90 Å². The van der Waals surface area contributed by atoms with Crippen LogP contribution in [0, 0.1) is 0 Å². The van der Waals surface area contributed by atoms with Gasteiger partial charge < -0.3 is 4.84 Å². The van der Waals surface area contributed by atoms with Crippen molar-refractivity contribution in [3.8, 4) is 0 Å². The monoisotopic (exact) mass is 466 g/mol. The number of amides is 1. The first kappa shape index (κ1) is 26.1. The lowest BCUT2D eigenvalue weighted by atomic mass is 10.0. The number of anilines is 1. The number of hydrogen-bond donors (Lipinski definition) is 0. The van der Waals surface area contributed by atoms with Crippen LogP contribution >= 0.6 is 23.4 Å². The minimum absolute atomic E-state index is 0.107. The van der Waals surface area contributed by atoms with Crippen molar-refractivity contribution in [2.75, 3.05) is 23.1 Å². The normalized spacial score (nSPS) is 14.5. The van der Waals surface area contributed by atoms with Gasteiger partial charge in [0.2, 0.25) is 5.91 Å². The Morgan fingerprint density at radius 1 is 1.19 bits per heavy atom. The number of unbranched alkanes of at least 4 members (excludes halogenated alkanes) is 1.